The number of aryl methyl sites for hydroxylation is 2. The lowest BCUT2D eigenvalue weighted by Crippen LogP contribution is -2.29. The number of nitrogens with one attached hydrogen (secondary N) is 2. The first-order valence-electron chi connectivity index (χ1n) is 13.6. The molecule has 0 saturated carbocycles. The van der Waals surface area contributed by atoms with E-state index in [4.69, 9.17) is 16.1 Å². The number of hydrogen-bond donors (Lipinski definition) is 2. The van der Waals surface area contributed by atoms with Crippen LogP contribution in [0.2, 0.25) is 0 Å². The molecule has 0 aliphatic carbocycles. The second-order valence-electron chi connectivity index (χ2n) is 10.4. The summed E-state index contributed by atoms with van der Waals surface area (Å²) in [6.07, 6.45) is 13.1. The smallest absolute Gasteiger partial charge is 0.247 e. The largest absolute Gasteiger partial charge is 0.494 e. The summed E-state index contributed by atoms with van der Waals surface area (Å²) in [6, 6.07) is 10.1. The van der Waals surface area contributed by atoms with Gasteiger partial charge in [-0.15, -0.1) is 6.42 Å². The maximum atomic E-state index is 12.3. The lowest BCUT2D eigenvalue weighted by Gasteiger charge is -2.26. The summed E-state index contributed by atoms with van der Waals surface area (Å²) < 4.78 is 8.05. The highest BCUT2D eigenvalue weighted by Gasteiger charge is 2.21. The molecular formula is C32H35N7O2. The molecule has 2 aromatic carbocycles. The Hall–Kier alpha value is -4.81. The Morgan fingerprint density at radius 3 is 2.80 bits per heavy atom. The highest BCUT2D eigenvalue weighted by molar-refractivity contribution is 6.02. The third-order valence-corrected chi connectivity index (χ3v) is 7.33. The number of rotatable bonds is 10. The number of nitrogens with zero attached hydrogens (tertiary/aromatic N) is 5. The molecule has 2 N–H and O–H groups in total. The molecule has 0 fully saturated rings. The fourth-order valence-electron chi connectivity index (χ4n) is 5.22. The summed E-state index contributed by atoms with van der Waals surface area (Å²) in [7, 11) is 7.62. The van der Waals surface area contributed by atoms with Gasteiger partial charge in [-0.25, -0.2) is 9.97 Å². The van der Waals surface area contributed by atoms with Crippen molar-refractivity contribution in [1.82, 2.24) is 19.4 Å². The van der Waals surface area contributed by atoms with Gasteiger partial charge in [0.1, 0.15) is 5.75 Å². The second-order valence-corrected chi connectivity index (χ2v) is 10.4. The quantitative estimate of drug-likeness (QED) is 0.215. The Bertz CT molecular complexity index is 1670. The zero-order chi connectivity index (χ0) is 29.1. The lowest BCUT2D eigenvalue weighted by atomic mass is 10.0. The molecule has 2 aromatic heterocycles. The Balaban J connectivity index is 1.56. The van der Waals surface area contributed by atoms with Crippen LogP contribution in [0.25, 0.3) is 22.2 Å². The lowest BCUT2D eigenvalue weighted by molar-refractivity contribution is -0.111. The van der Waals surface area contributed by atoms with E-state index in [2.05, 4.69) is 66.9 Å². The molecule has 0 radical (unpaired) electrons. The van der Waals surface area contributed by atoms with Crippen LogP contribution in [-0.4, -0.2) is 66.7 Å². The molecular weight excluding hydrogens is 514 g/mol. The van der Waals surface area contributed by atoms with Gasteiger partial charge >= 0.3 is 0 Å². The number of anilines is 4. The molecule has 0 saturated heterocycles. The summed E-state index contributed by atoms with van der Waals surface area (Å²) in [5, 5.41) is 7.35. The van der Waals surface area contributed by atoms with Crippen LogP contribution in [0.3, 0.4) is 0 Å². The molecule has 9 nitrogen and oxygen atoms in total. The third-order valence-electron chi connectivity index (χ3n) is 7.33. The number of benzene rings is 2. The van der Waals surface area contributed by atoms with Crippen molar-refractivity contribution in [3.8, 4) is 29.4 Å². The van der Waals surface area contributed by atoms with E-state index in [0.717, 1.165) is 49.1 Å². The van der Waals surface area contributed by atoms with Gasteiger partial charge in [0.25, 0.3) is 0 Å². The molecule has 9 heteroatoms. The average molecular weight is 550 g/mol. The van der Waals surface area contributed by atoms with Crippen molar-refractivity contribution in [2.45, 2.75) is 19.4 Å². The van der Waals surface area contributed by atoms with E-state index >= 15 is 0 Å². The molecule has 41 heavy (non-hydrogen) atoms. The summed E-state index contributed by atoms with van der Waals surface area (Å²) in [5.41, 5.74) is 6.86. The van der Waals surface area contributed by atoms with Gasteiger partial charge in [0, 0.05) is 56.1 Å². The summed E-state index contributed by atoms with van der Waals surface area (Å²) in [5.74, 6) is 3.38. The van der Waals surface area contributed by atoms with Crippen molar-refractivity contribution in [2.24, 2.45) is 0 Å². The molecule has 1 aliphatic rings. The van der Waals surface area contributed by atoms with Gasteiger partial charge in [-0.2, -0.15) is 0 Å². The molecule has 4 aromatic rings. The normalized spacial score (nSPS) is 12.2. The number of para-hydroxylation sites is 1. The number of carbonyl (C=O) groups excluding carboxylic acids is 1. The van der Waals surface area contributed by atoms with Crippen LogP contribution in [0.15, 0.2) is 55.4 Å². The van der Waals surface area contributed by atoms with Gasteiger partial charge < -0.3 is 29.7 Å². The van der Waals surface area contributed by atoms with E-state index in [1.165, 1.54) is 17.2 Å². The first kappa shape index (κ1) is 27.7. The SMILES string of the molecule is C#Cc1cnc(Nc2cc(NC(=O)C=C)c(N(C)CCN(C)C)cc2OC)nc1-c1cn2c3c(cccc13)CCC2. The van der Waals surface area contributed by atoms with E-state index in [1.807, 2.05) is 33.3 Å². The Labute approximate surface area is 240 Å². The molecule has 0 atom stereocenters. The molecule has 3 heterocycles. The number of methoxy groups -OCH3 is 1. The monoisotopic (exact) mass is 549 g/mol. The minimum absolute atomic E-state index is 0.312. The van der Waals surface area contributed by atoms with Gasteiger partial charge in [0.05, 0.1) is 40.9 Å². The zero-order valence-corrected chi connectivity index (χ0v) is 24.0. The number of likely N-dealkylation sites (N-methyl/N-ethyl adjacent to an activating group) is 2. The van der Waals surface area contributed by atoms with Crippen LogP contribution in [0.4, 0.5) is 23.0 Å². The molecule has 0 spiro atoms. The van der Waals surface area contributed by atoms with E-state index in [-0.39, 0.29) is 5.91 Å². The number of hydrogen-bond acceptors (Lipinski definition) is 7. The number of aromatic nitrogens is 3. The summed E-state index contributed by atoms with van der Waals surface area (Å²) >= 11 is 0. The third kappa shape index (κ3) is 5.60. The predicted molar refractivity (Wildman–Crippen MR) is 166 cm³/mol. The first-order chi connectivity index (χ1) is 19.8. The fourth-order valence-corrected chi connectivity index (χ4v) is 5.22. The first-order valence-corrected chi connectivity index (χ1v) is 13.6. The van der Waals surface area contributed by atoms with Crippen molar-refractivity contribution < 1.29 is 9.53 Å². The molecule has 0 bridgehead atoms. The zero-order valence-electron chi connectivity index (χ0n) is 24.0. The van der Waals surface area contributed by atoms with Crippen LogP contribution in [0, 0.1) is 12.3 Å². The molecule has 5 rings (SSSR count). The van der Waals surface area contributed by atoms with Crippen molar-refractivity contribution in [2.75, 3.05) is 56.9 Å². The van der Waals surface area contributed by atoms with Crippen LogP contribution in [0.1, 0.15) is 17.5 Å². The van der Waals surface area contributed by atoms with Crippen molar-refractivity contribution >= 4 is 39.8 Å². The van der Waals surface area contributed by atoms with Crippen LogP contribution >= 0.6 is 0 Å². The molecule has 0 unspecified atom stereocenters. The van der Waals surface area contributed by atoms with Crippen LogP contribution < -0.4 is 20.3 Å². The average Bonchev–Trinajstić information content (AvgIpc) is 3.36. The number of carbonyl (C=O) groups is 1. The summed E-state index contributed by atoms with van der Waals surface area (Å²) in [4.78, 5) is 25.9. The Kier molecular flexibility index (Phi) is 7.95. The second kappa shape index (κ2) is 11.7. The van der Waals surface area contributed by atoms with Gasteiger partial charge in [-0.3, -0.25) is 4.79 Å². The van der Waals surface area contributed by atoms with Gasteiger partial charge in [0.2, 0.25) is 11.9 Å². The number of ether oxygens (including phenoxy) is 1. The fraction of sp³-hybridized carbons (Fsp3) is 0.281. The summed E-state index contributed by atoms with van der Waals surface area (Å²) in [6.45, 7) is 6.14. The predicted octanol–water partition coefficient (Wildman–Crippen LogP) is 4.90. The maximum Gasteiger partial charge on any atom is 0.247 e. The van der Waals surface area contributed by atoms with E-state index in [1.54, 1.807) is 13.3 Å². The van der Waals surface area contributed by atoms with Crippen LogP contribution in [0.5, 0.6) is 5.75 Å². The molecule has 1 aliphatic heterocycles. The van der Waals surface area contributed by atoms with Gasteiger partial charge in [-0.1, -0.05) is 30.7 Å². The van der Waals surface area contributed by atoms with Crippen molar-refractivity contribution in [1.29, 1.82) is 0 Å². The van der Waals surface area contributed by atoms with Crippen molar-refractivity contribution in [3.63, 3.8) is 0 Å². The highest BCUT2D eigenvalue weighted by atomic mass is 16.5. The van der Waals surface area contributed by atoms with Gasteiger partial charge in [-0.05, 0) is 44.6 Å². The standard InChI is InChI=1S/C32H35N7O2/c1-7-21-19-33-32(36-30(21)24-20-39-14-10-12-22-11-9-13-23(24)31(22)39)35-26-17-25(34-29(40)8-2)27(18-28(26)41-6)38(5)16-15-37(3)4/h1,8-9,11,13,17-20H,2,10,12,14-16H2,3-6H3,(H,34,40)(H,33,35,36). The van der Waals surface area contributed by atoms with Gasteiger partial charge in [0.15, 0.2) is 0 Å². The number of amides is 1. The topological polar surface area (TPSA) is 87.6 Å². The molecule has 1 amide bonds. The maximum absolute atomic E-state index is 12.3. The van der Waals surface area contributed by atoms with E-state index in [9.17, 15) is 4.79 Å². The minimum Gasteiger partial charge on any atom is -0.494 e. The van der Waals surface area contributed by atoms with Crippen LogP contribution in [-0.2, 0) is 17.8 Å². The van der Waals surface area contributed by atoms with Crippen molar-refractivity contribution in [3.05, 3.63) is 66.5 Å². The minimum atomic E-state index is -0.312. The Morgan fingerprint density at radius 2 is 2.07 bits per heavy atom. The Morgan fingerprint density at radius 1 is 1.24 bits per heavy atom. The molecule has 210 valence electrons. The van der Waals surface area contributed by atoms with E-state index in [0.29, 0.717) is 34.3 Å². The van der Waals surface area contributed by atoms with E-state index < -0.39 is 0 Å². The number of terminal acetylenes is 1. The highest BCUT2D eigenvalue weighted by Crippen LogP contribution is 2.39.